The number of amidine groups is 1. The lowest BCUT2D eigenvalue weighted by molar-refractivity contribution is -0.192. The molecule has 0 heterocycles. The summed E-state index contributed by atoms with van der Waals surface area (Å²) in [4.78, 5) is 20.7. The predicted octanol–water partition coefficient (Wildman–Crippen LogP) is 3.47. The first-order chi connectivity index (χ1) is 14.4. The molecule has 0 radical (unpaired) electrons. The number of carboxylic acid groups (broad SMARTS) is 1. The van der Waals surface area contributed by atoms with E-state index in [0.29, 0.717) is 12.0 Å². The minimum Gasteiger partial charge on any atom is -0.475 e. The molecule has 2 aromatic rings. The lowest BCUT2D eigenvalue weighted by atomic mass is 9.88. The number of ether oxygens (including phenoxy) is 1. The fourth-order valence-electron chi connectivity index (χ4n) is 2.66. The van der Waals surface area contributed by atoms with Crippen LogP contribution in [0.1, 0.15) is 35.4 Å². The number of aryl methyl sites for hydroxylation is 1. The monoisotopic (exact) mass is 439 g/mol. The molecular formula is C21H24F3N3O4. The van der Waals surface area contributed by atoms with Crippen LogP contribution >= 0.6 is 0 Å². The van der Waals surface area contributed by atoms with Gasteiger partial charge in [-0.15, -0.1) is 0 Å². The van der Waals surface area contributed by atoms with Crippen molar-refractivity contribution >= 4 is 23.5 Å². The molecule has 0 spiro atoms. The molecule has 2 aromatic carbocycles. The fourth-order valence-corrected chi connectivity index (χ4v) is 2.66. The van der Waals surface area contributed by atoms with Crippen LogP contribution in [-0.2, 0) is 20.7 Å². The number of anilines is 1. The summed E-state index contributed by atoms with van der Waals surface area (Å²) in [6.45, 7) is 0. The zero-order valence-electron chi connectivity index (χ0n) is 16.8. The molecule has 6 N–H and O–H groups in total. The average Bonchev–Trinajstić information content (AvgIpc) is 2.71. The first kappa shape index (κ1) is 25.5. The first-order valence-electron chi connectivity index (χ1n) is 9.09. The molecule has 0 saturated carbocycles. The van der Waals surface area contributed by atoms with Gasteiger partial charge in [0.2, 0.25) is 0 Å². The van der Waals surface area contributed by atoms with E-state index in [1.54, 1.807) is 6.07 Å². The minimum atomic E-state index is -5.08. The summed E-state index contributed by atoms with van der Waals surface area (Å²) in [7, 11) is 1.39. The maximum Gasteiger partial charge on any atom is 0.490 e. The molecule has 0 aromatic heterocycles. The number of carbonyl (C=O) groups excluding carboxylic acids is 1. The van der Waals surface area contributed by atoms with Gasteiger partial charge in [0.25, 0.3) is 0 Å². The molecule has 1 unspecified atom stereocenters. The van der Waals surface area contributed by atoms with E-state index in [4.69, 9.17) is 31.5 Å². The van der Waals surface area contributed by atoms with Crippen LogP contribution in [0.4, 0.5) is 18.9 Å². The normalized spacial score (nSPS) is 11.6. The number of halogens is 3. The van der Waals surface area contributed by atoms with Gasteiger partial charge in [-0.3, -0.25) is 10.2 Å². The Morgan fingerprint density at radius 1 is 1.16 bits per heavy atom. The van der Waals surface area contributed by atoms with Crippen LogP contribution in [-0.4, -0.2) is 36.2 Å². The van der Waals surface area contributed by atoms with E-state index in [9.17, 15) is 18.0 Å². The summed E-state index contributed by atoms with van der Waals surface area (Å²) in [6, 6.07) is 15.2. The molecule has 0 amide bonds. The van der Waals surface area contributed by atoms with Crippen molar-refractivity contribution in [1.29, 1.82) is 5.41 Å². The second-order valence-electron chi connectivity index (χ2n) is 6.60. The third kappa shape index (κ3) is 9.20. The lowest BCUT2D eigenvalue weighted by Gasteiger charge is -2.17. The highest BCUT2D eigenvalue weighted by molar-refractivity contribution is 5.95. The van der Waals surface area contributed by atoms with E-state index in [1.165, 1.54) is 12.7 Å². The number of alkyl halides is 3. The number of methoxy groups -OCH3 is 1. The van der Waals surface area contributed by atoms with Gasteiger partial charge in [0, 0.05) is 11.3 Å². The molecule has 0 bridgehead atoms. The second-order valence-corrected chi connectivity index (χ2v) is 6.60. The van der Waals surface area contributed by atoms with Gasteiger partial charge in [0.15, 0.2) is 0 Å². The Bertz CT molecular complexity index is 899. The Balaban J connectivity index is 0.000000592. The standard InChI is InChI=1S/C19H23N3O2.C2HF3O2/c1-24-18(23)12-15(8-5-13-6-9-17(20)10-7-13)14-3-2-4-16(11-14)19(21)22;3-2(4,5)1(6)7/h2-4,6-7,9-11,15H,5,8,12,20H2,1H3,(H3,21,22);(H,6,7). The first-order valence-corrected chi connectivity index (χ1v) is 9.09. The molecular weight excluding hydrogens is 415 g/mol. The topological polar surface area (TPSA) is 139 Å². The van der Waals surface area contributed by atoms with E-state index >= 15 is 0 Å². The molecule has 7 nitrogen and oxygen atoms in total. The molecule has 0 aliphatic carbocycles. The molecule has 0 fully saturated rings. The molecule has 0 aliphatic rings. The van der Waals surface area contributed by atoms with Gasteiger partial charge < -0.3 is 21.3 Å². The molecule has 10 heteroatoms. The van der Waals surface area contributed by atoms with Crippen molar-refractivity contribution in [3.63, 3.8) is 0 Å². The highest BCUT2D eigenvalue weighted by atomic mass is 19.4. The van der Waals surface area contributed by atoms with Crippen molar-refractivity contribution in [1.82, 2.24) is 0 Å². The highest BCUT2D eigenvalue weighted by Gasteiger charge is 2.38. The molecule has 168 valence electrons. The van der Waals surface area contributed by atoms with Crippen LogP contribution < -0.4 is 11.5 Å². The number of carbonyl (C=O) groups is 2. The van der Waals surface area contributed by atoms with Gasteiger partial charge in [-0.1, -0.05) is 30.3 Å². The van der Waals surface area contributed by atoms with Gasteiger partial charge in [-0.2, -0.15) is 13.2 Å². The van der Waals surface area contributed by atoms with Crippen LogP contribution in [0, 0.1) is 5.41 Å². The maximum atomic E-state index is 11.8. The van der Waals surface area contributed by atoms with Gasteiger partial charge in [0.05, 0.1) is 13.5 Å². The van der Waals surface area contributed by atoms with E-state index in [0.717, 1.165) is 24.1 Å². The third-order valence-electron chi connectivity index (χ3n) is 4.31. The maximum absolute atomic E-state index is 11.8. The summed E-state index contributed by atoms with van der Waals surface area (Å²) in [6.07, 6.45) is -3.17. The number of nitrogens with one attached hydrogen (secondary N) is 1. The molecule has 31 heavy (non-hydrogen) atoms. The van der Waals surface area contributed by atoms with Crippen molar-refractivity contribution < 1.29 is 32.6 Å². The number of rotatable bonds is 7. The van der Waals surface area contributed by atoms with Crippen molar-refractivity contribution in [2.24, 2.45) is 5.73 Å². The molecule has 0 saturated heterocycles. The van der Waals surface area contributed by atoms with E-state index in [1.807, 2.05) is 42.5 Å². The smallest absolute Gasteiger partial charge is 0.475 e. The Morgan fingerprint density at radius 3 is 2.23 bits per heavy atom. The quantitative estimate of drug-likeness (QED) is 0.225. The molecule has 1 atom stereocenters. The van der Waals surface area contributed by atoms with Gasteiger partial charge in [-0.25, -0.2) is 4.79 Å². The van der Waals surface area contributed by atoms with Gasteiger partial charge in [-0.05, 0) is 48.1 Å². The van der Waals surface area contributed by atoms with Crippen molar-refractivity contribution in [2.45, 2.75) is 31.4 Å². The van der Waals surface area contributed by atoms with Crippen LogP contribution in [0.15, 0.2) is 48.5 Å². The molecule has 0 aliphatic heterocycles. The summed E-state index contributed by atoms with van der Waals surface area (Å²) < 4.78 is 36.6. The van der Waals surface area contributed by atoms with Crippen molar-refractivity contribution in [2.75, 3.05) is 12.8 Å². The van der Waals surface area contributed by atoms with E-state index < -0.39 is 12.1 Å². The second kappa shape index (κ2) is 11.6. The summed E-state index contributed by atoms with van der Waals surface area (Å²) in [5.41, 5.74) is 14.8. The number of benzene rings is 2. The highest BCUT2D eigenvalue weighted by Crippen LogP contribution is 2.27. The van der Waals surface area contributed by atoms with E-state index in [2.05, 4.69) is 0 Å². The van der Waals surface area contributed by atoms with Crippen molar-refractivity contribution in [3.05, 3.63) is 65.2 Å². The number of nitrogen functional groups attached to an aromatic ring is 2. The van der Waals surface area contributed by atoms with Crippen LogP contribution in [0.25, 0.3) is 0 Å². The number of hydrogen-bond donors (Lipinski definition) is 4. The number of hydrogen-bond acceptors (Lipinski definition) is 5. The van der Waals surface area contributed by atoms with Crippen LogP contribution in [0.5, 0.6) is 0 Å². The summed E-state index contributed by atoms with van der Waals surface area (Å²) in [5, 5.41) is 14.7. The third-order valence-corrected chi connectivity index (χ3v) is 4.31. The van der Waals surface area contributed by atoms with Gasteiger partial charge in [0.1, 0.15) is 5.84 Å². The number of esters is 1. The Morgan fingerprint density at radius 2 is 1.74 bits per heavy atom. The Kier molecular flexibility index (Phi) is 9.52. The van der Waals surface area contributed by atoms with Crippen LogP contribution in [0.3, 0.4) is 0 Å². The van der Waals surface area contributed by atoms with E-state index in [-0.39, 0.29) is 17.7 Å². The number of nitrogens with two attached hydrogens (primary N) is 2. The fraction of sp³-hybridized carbons (Fsp3) is 0.286. The average molecular weight is 439 g/mol. The predicted molar refractivity (Wildman–Crippen MR) is 110 cm³/mol. The Labute approximate surface area is 177 Å². The van der Waals surface area contributed by atoms with Gasteiger partial charge >= 0.3 is 18.1 Å². The van der Waals surface area contributed by atoms with Crippen molar-refractivity contribution in [3.8, 4) is 0 Å². The molecule has 2 rings (SSSR count). The lowest BCUT2D eigenvalue weighted by Crippen LogP contribution is -2.21. The Hall–Kier alpha value is -3.56. The number of carboxylic acids is 1. The number of aliphatic carboxylic acids is 1. The summed E-state index contributed by atoms with van der Waals surface area (Å²) in [5.74, 6) is -2.97. The zero-order chi connectivity index (χ0) is 23.6. The minimum absolute atomic E-state index is 0.00861. The zero-order valence-corrected chi connectivity index (χ0v) is 16.8. The summed E-state index contributed by atoms with van der Waals surface area (Å²) >= 11 is 0. The SMILES string of the molecule is COC(=O)CC(CCc1ccc(N)cc1)c1cccc(C(=N)N)c1.O=C(O)C(F)(F)F. The largest absolute Gasteiger partial charge is 0.490 e. The van der Waals surface area contributed by atoms with Crippen LogP contribution in [0.2, 0.25) is 0 Å².